The van der Waals surface area contributed by atoms with Crippen molar-refractivity contribution in [3.63, 3.8) is 0 Å². The number of hydrogen-bond donors (Lipinski definition) is 0. The van der Waals surface area contributed by atoms with Crippen LogP contribution < -0.4 is 0 Å². The highest BCUT2D eigenvalue weighted by Crippen LogP contribution is 2.31. The Kier molecular flexibility index (Phi) is 5.40. The lowest BCUT2D eigenvalue weighted by molar-refractivity contribution is 0.628. The van der Waals surface area contributed by atoms with Gasteiger partial charge in [0.25, 0.3) is 0 Å². The Morgan fingerprint density at radius 2 is 0.857 bits per heavy atom. The number of halogens is 1. The van der Waals surface area contributed by atoms with Gasteiger partial charge < -0.3 is 0 Å². The van der Waals surface area contributed by atoms with Crippen LogP contribution in [0.2, 0.25) is 0 Å². The Balaban J connectivity index is 1.30. The zero-order valence-electron chi connectivity index (χ0n) is 19.0. The normalized spacial score (nSPS) is 11.0. The van der Waals surface area contributed by atoms with Gasteiger partial charge in [0.15, 0.2) is 0 Å². The zero-order chi connectivity index (χ0) is 23.6. The van der Waals surface area contributed by atoms with Gasteiger partial charge in [0.2, 0.25) is 0 Å². The summed E-state index contributed by atoms with van der Waals surface area (Å²) in [4.78, 5) is 4.44. The van der Waals surface area contributed by atoms with Crippen LogP contribution in [0.3, 0.4) is 0 Å². The second kappa shape index (κ2) is 9.00. The molecule has 35 heavy (non-hydrogen) atoms. The highest BCUT2D eigenvalue weighted by molar-refractivity contribution is 5.91. The molecular weight excluding hydrogens is 429 g/mol. The summed E-state index contributed by atoms with van der Waals surface area (Å²) in [6, 6.07) is 42.8. The first-order valence-electron chi connectivity index (χ1n) is 11.6. The number of benzene rings is 5. The summed E-state index contributed by atoms with van der Waals surface area (Å²) < 4.78 is 13.2. The van der Waals surface area contributed by atoms with Gasteiger partial charge >= 0.3 is 0 Å². The first-order valence-corrected chi connectivity index (χ1v) is 11.6. The Bertz CT molecular complexity index is 1600. The first kappa shape index (κ1) is 21.0. The Morgan fingerprint density at radius 3 is 1.37 bits per heavy atom. The molecule has 0 unspecified atom stereocenters. The van der Waals surface area contributed by atoms with Crippen LogP contribution in [0.25, 0.3) is 55.4 Å². The average Bonchev–Trinajstić information content (AvgIpc) is 2.93. The minimum Gasteiger partial charge on any atom is -0.256 e. The molecule has 2 heteroatoms. The van der Waals surface area contributed by atoms with Crippen molar-refractivity contribution in [2.24, 2.45) is 0 Å². The van der Waals surface area contributed by atoms with E-state index in [0.717, 1.165) is 27.9 Å². The third kappa shape index (κ3) is 4.34. The van der Waals surface area contributed by atoms with Crippen molar-refractivity contribution >= 4 is 10.8 Å². The summed E-state index contributed by atoms with van der Waals surface area (Å²) in [5.74, 6) is -0.218. The molecule has 0 atom stereocenters. The summed E-state index contributed by atoms with van der Waals surface area (Å²) in [5.41, 5.74) is 8.87. The minimum absolute atomic E-state index is 0.218. The van der Waals surface area contributed by atoms with E-state index in [1.54, 1.807) is 0 Å². The lowest BCUT2D eigenvalue weighted by Gasteiger charge is -2.09. The van der Waals surface area contributed by atoms with Crippen LogP contribution in [0, 0.1) is 5.82 Å². The van der Waals surface area contributed by atoms with E-state index >= 15 is 0 Å². The van der Waals surface area contributed by atoms with Crippen molar-refractivity contribution in [2.45, 2.75) is 0 Å². The summed E-state index contributed by atoms with van der Waals surface area (Å²) in [6.45, 7) is 0. The van der Waals surface area contributed by atoms with E-state index in [1.165, 1.54) is 39.6 Å². The summed E-state index contributed by atoms with van der Waals surface area (Å²) in [5, 5.41) is 2.42. The van der Waals surface area contributed by atoms with E-state index in [0.29, 0.717) is 0 Å². The molecule has 1 aromatic heterocycles. The molecule has 6 aromatic rings. The minimum atomic E-state index is -0.218. The maximum atomic E-state index is 13.2. The van der Waals surface area contributed by atoms with Crippen molar-refractivity contribution in [3.05, 3.63) is 139 Å². The van der Waals surface area contributed by atoms with Gasteiger partial charge in [-0.3, -0.25) is 4.98 Å². The van der Waals surface area contributed by atoms with E-state index in [4.69, 9.17) is 0 Å². The Hall–Kier alpha value is -4.56. The molecule has 1 heterocycles. The van der Waals surface area contributed by atoms with Crippen LogP contribution in [0.4, 0.5) is 4.39 Å². The topological polar surface area (TPSA) is 12.9 Å². The molecule has 0 saturated carbocycles. The maximum Gasteiger partial charge on any atom is 0.123 e. The number of aromatic nitrogens is 1. The molecule has 0 aliphatic rings. The van der Waals surface area contributed by atoms with Gasteiger partial charge in [0.1, 0.15) is 5.82 Å². The van der Waals surface area contributed by atoms with Crippen molar-refractivity contribution in [1.29, 1.82) is 0 Å². The monoisotopic (exact) mass is 451 g/mol. The van der Waals surface area contributed by atoms with Crippen molar-refractivity contribution < 1.29 is 4.39 Å². The highest BCUT2D eigenvalue weighted by Gasteiger charge is 2.05. The number of nitrogens with zero attached hydrogens (tertiary/aromatic N) is 1. The molecule has 0 amide bonds. The largest absolute Gasteiger partial charge is 0.256 e. The average molecular weight is 452 g/mol. The Morgan fingerprint density at radius 1 is 0.400 bits per heavy atom. The summed E-state index contributed by atoms with van der Waals surface area (Å²) in [7, 11) is 0. The van der Waals surface area contributed by atoms with Gasteiger partial charge in [0.05, 0.1) is 5.69 Å². The fraction of sp³-hybridized carbons (Fsp3) is 0. The standard InChI is InChI=1S/C33H22FN/c34-32-18-16-24(17-19-32)23-4-6-25(7-5-23)29-14-10-27-11-15-30(22-31(27)21-29)26-8-12-28(13-9-26)33-3-1-2-20-35-33/h1-22H. The number of pyridine rings is 1. The number of fused-ring (bicyclic) bond motifs is 1. The fourth-order valence-corrected chi connectivity index (χ4v) is 4.47. The number of hydrogen-bond acceptors (Lipinski definition) is 1. The lowest BCUT2D eigenvalue weighted by Crippen LogP contribution is -1.84. The van der Waals surface area contributed by atoms with Crippen molar-refractivity contribution in [3.8, 4) is 44.6 Å². The predicted molar refractivity (Wildman–Crippen MR) is 143 cm³/mol. The molecule has 0 N–H and O–H groups in total. The smallest absolute Gasteiger partial charge is 0.123 e. The predicted octanol–water partition coefficient (Wildman–Crippen LogP) is 9.04. The third-order valence-corrected chi connectivity index (χ3v) is 6.41. The van der Waals surface area contributed by atoms with Crippen LogP contribution in [-0.2, 0) is 0 Å². The van der Waals surface area contributed by atoms with Crippen LogP contribution in [-0.4, -0.2) is 4.98 Å². The molecule has 166 valence electrons. The fourth-order valence-electron chi connectivity index (χ4n) is 4.47. The van der Waals surface area contributed by atoms with Gasteiger partial charge in [-0.2, -0.15) is 0 Å². The zero-order valence-corrected chi connectivity index (χ0v) is 19.0. The molecule has 0 aliphatic heterocycles. The molecule has 5 aromatic carbocycles. The molecule has 0 fully saturated rings. The molecule has 0 bridgehead atoms. The van der Waals surface area contributed by atoms with Gasteiger partial charge in [-0.1, -0.05) is 91.0 Å². The summed E-state index contributed by atoms with van der Waals surface area (Å²) >= 11 is 0. The third-order valence-electron chi connectivity index (χ3n) is 6.41. The molecule has 0 saturated heterocycles. The van der Waals surface area contributed by atoms with Gasteiger partial charge in [-0.15, -0.1) is 0 Å². The highest BCUT2D eigenvalue weighted by atomic mass is 19.1. The first-order chi connectivity index (χ1) is 17.2. The molecule has 0 aliphatic carbocycles. The molecular formula is C33H22FN. The quantitative estimate of drug-likeness (QED) is 0.260. The second-order valence-corrected chi connectivity index (χ2v) is 8.65. The maximum absolute atomic E-state index is 13.2. The molecule has 0 spiro atoms. The van der Waals surface area contributed by atoms with Crippen LogP contribution in [0.1, 0.15) is 0 Å². The van der Waals surface area contributed by atoms with Crippen molar-refractivity contribution in [1.82, 2.24) is 4.98 Å². The molecule has 6 rings (SSSR count). The van der Waals surface area contributed by atoms with Gasteiger partial charge in [-0.25, -0.2) is 4.39 Å². The lowest BCUT2D eigenvalue weighted by atomic mass is 9.96. The van der Waals surface area contributed by atoms with Crippen molar-refractivity contribution in [2.75, 3.05) is 0 Å². The van der Waals surface area contributed by atoms with Gasteiger partial charge in [-0.05, 0) is 80.6 Å². The summed E-state index contributed by atoms with van der Waals surface area (Å²) in [6.07, 6.45) is 1.82. The second-order valence-electron chi connectivity index (χ2n) is 8.65. The van der Waals surface area contributed by atoms with E-state index in [1.807, 2.05) is 36.5 Å². The Labute approximate surface area is 204 Å². The van der Waals surface area contributed by atoms with E-state index in [9.17, 15) is 4.39 Å². The van der Waals surface area contributed by atoms with E-state index < -0.39 is 0 Å². The van der Waals surface area contributed by atoms with Crippen LogP contribution in [0.5, 0.6) is 0 Å². The molecule has 0 radical (unpaired) electrons. The van der Waals surface area contributed by atoms with Gasteiger partial charge in [0, 0.05) is 11.8 Å². The van der Waals surface area contributed by atoms with E-state index in [-0.39, 0.29) is 5.82 Å². The van der Waals surface area contributed by atoms with Crippen LogP contribution >= 0.6 is 0 Å². The number of rotatable bonds is 4. The SMILES string of the molecule is Fc1ccc(-c2ccc(-c3ccc4ccc(-c5ccc(-c6ccccn6)cc5)cc4c3)cc2)cc1. The van der Waals surface area contributed by atoms with Crippen LogP contribution in [0.15, 0.2) is 134 Å². The van der Waals surface area contributed by atoms with E-state index in [2.05, 4.69) is 89.9 Å². The molecule has 1 nitrogen and oxygen atoms in total.